The summed E-state index contributed by atoms with van der Waals surface area (Å²) in [6, 6.07) is 13.2. The summed E-state index contributed by atoms with van der Waals surface area (Å²) in [4.78, 5) is 13.2. The van der Waals surface area contributed by atoms with Crippen LogP contribution in [0, 0.1) is 5.82 Å². The number of halogens is 2. The highest BCUT2D eigenvalue weighted by Crippen LogP contribution is 2.17. The highest BCUT2D eigenvalue weighted by molar-refractivity contribution is 6.30. The van der Waals surface area contributed by atoms with Crippen LogP contribution in [0.4, 0.5) is 10.1 Å². The standard InChI is InChI=1S/C16H13ClFNO/c1-19(15-5-3-2-4-14(15)18)16(20)11-8-12-6-9-13(17)10-7-12/h2-11H,1H3/b11-8+. The Morgan fingerprint density at radius 3 is 2.45 bits per heavy atom. The molecule has 0 radical (unpaired) electrons. The molecule has 0 atom stereocenters. The van der Waals surface area contributed by atoms with Gasteiger partial charge in [-0.05, 0) is 35.9 Å². The van der Waals surface area contributed by atoms with Gasteiger partial charge in [-0.15, -0.1) is 0 Å². The number of carbonyl (C=O) groups excluding carboxylic acids is 1. The van der Waals surface area contributed by atoms with Crippen LogP contribution in [0.2, 0.25) is 5.02 Å². The van der Waals surface area contributed by atoms with E-state index in [9.17, 15) is 9.18 Å². The Hall–Kier alpha value is -2.13. The second-order valence-corrected chi connectivity index (χ2v) is 4.67. The van der Waals surface area contributed by atoms with E-state index in [1.807, 2.05) is 0 Å². The van der Waals surface area contributed by atoms with Crippen LogP contribution in [0.15, 0.2) is 54.6 Å². The number of carbonyl (C=O) groups is 1. The number of para-hydroxylation sites is 1. The molecule has 0 aliphatic carbocycles. The van der Waals surface area contributed by atoms with Crippen molar-refractivity contribution in [1.82, 2.24) is 0 Å². The lowest BCUT2D eigenvalue weighted by Gasteiger charge is -2.15. The SMILES string of the molecule is CN(C(=O)/C=C/c1ccc(Cl)cc1)c1ccccc1F. The highest BCUT2D eigenvalue weighted by Gasteiger charge is 2.11. The second-order valence-electron chi connectivity index (χ2n) is 4.23. The second kappa shape index (κ2) is 6.35. The van der Waals surface area contributed by atoms with E-state index in [2.05, 4.69) is 0 Å². The molecule has 2 rings (SSSR count). The Kier molecular flexibility index (Phi) is 4.53. The molecule has 2 aromatic carbocycles. The van der Waals surface area contributed by atoms with Crippen molar-refractivity contribution in [2.24, 2.45) is 0 Å². The maximum absolute atomic E-state index is 13.6. The molecule has 20 heavy (non-hydrogen) atoms. The van der Waals surface area contributed by atoms with Crippen LogP contribution in [0.5, 0.6) is 0 Å². The fraction of sp³-hybridized carbons (Fsp3) is 0.0625. The molecule has 1 amide bonds. The first kappa shape index (κ1) is 14.3. The van der Waals surface area contributed by atoms with Crippen molar-refractivity contribution < 1.29 is 9.18 Å². The molecule has 0 aromatic heterocycles. The topological polar surface area (TPSA) is 20.3 Å². The Bertz CT molecular complexity index is 637. The maximum Gasteiger partial charge on any atom is 0.250 e. The number of hydrogen-bond donors (Lipinski definition) is 0. The van der Waals surface area contributed by atoms with Gasteiger partial charge in [0, 0.05) is 18.1 Å². The zero-order chi connectivity index (χ0) is 14.5. The van der Waals surface area contributed by atoms with E-state index in [4.69, 9.17) is 11.6 Å². The summed E-state index contributed by atoms with van der Waals surface area (Å²) in [7, 11) is 1.53. The lowest BCUT2D eigenvalue weighted by atomic mass is 10.2. The summed E-state index contributed by atoms with van der Waals surface area (Å²) < 4.78 is 13.6. The van der Waals surface area contributed by atoms with E-state index in [1.165, 1.54) is 24.1 Å². The van der Waals surface area contributed by atoms with Gasteiger partial charge in [-0.3, -0.25) is 4.79 Å². The van der Waals surface area contributed by atoms with E-state index in [0.29, 0.717) is 5.02 Å². The smallest absolute Gasteiger partial charge is 0.250 e. The average Bonchev–Trinajstić information content (AvgIpc) is 2.46. The van der Waals surface area contributed by atoms with Gasteiger partial charge in [0.05, 0.1) is 5.69 Å². The average molecular weight is 290 g/mol. The summed E-state index contributed by atoms with van der Waals surface area (Å²) in [5.41, 5.74) is 1.10. The Morgan fingerprint density at radius 2 is 1.80 bits per heavy atom. The molecule has 0 heterocycles. The van der Waals surface area contributed by atoms with Crippen LogP contribution < -0.4 is 4.90 Å². The molecule has 2 nitrogen and oxygen atoms in total. The van der Waals surface area contributed by atoms with Crippen LogP contribution in [0.25, 0.3) is 6.08 Å². The molecule has 4 heteroatoms. The Morgan fingerprint density at radius 1 is 1.15 bits per heavy atom. The molecule has 0 unspecified atom stereocenters. The van der Waals surface area contributed by atoms with Crippen molar-refractivity contribution in [2.45, 2.75) is 0 Å². The molecule has 0 fully saturated rings. The third kappa shape index (κ3) is 3.45. The fourth-order valence-corrected chi connectivity index (χ4v) is 1.82. The van der Waals surface area contributed by atoms with Crippen molar-refractivity contribution in [3.8, 4) is 0 Å². The Balaban J connectivity index is 2.12. The van der Waals surface area contributed by atoms with Crippen molar-refractivity contribution >= 4 is 29.3 Å². The number of rotatable bonds is 3. The highest BCUT2D eigenvalue weighted by atomic mass is 35.5. The zero-order valence-electron chi connectivity index (χ0n) is 10.9. The molecular formula is C16H13ClFNO. The van der Waals surface area contributed by atoms with Crippen molar-refractivity contribution in [2.75, 3.05) is 11.9 Å². The Labute approximate surface area is 122 Å². The minimum Gasteiger partial charge on any atom is -0.309 e. The van der Waals surface area contributed by atoms with Crippen molar-refractivity contribution in [1.29, 1.82) is 0 Å². The zero-order valence-corrected chi connectivity index (χ0v) is 11.6. The predicted octanol–water partition coefficient (Wildman–Crippen LogP) is 4.16. The quantitative estimate of drug-likeness (QED) is 0.777. The number of hydrogen-bond acceptors (Lipinski definition) is 1. The largest absolute Gasteiger partial charge is 0.309 e. The summed E-state index contributed by atoms with van der Waals surface area (Å²) in [6.45, 7) is 0. The fourth-order valence-electron chi connectivity index (χ4n) is 1.70. The molecule has 0 aliphatic rings. The summed E-state index contributed by atoms with van der Waals surface area (Å²) in [5, 5.41) is 0.636. The molecule has 0 bridgehead atoms. The summed E-state index contributed by atoms with van der Waals surface area (Å²) >= 11 is 5.78. The number of amides is 1. The van der Waals surface area contributed by atoms with Crippen LogP contribution >= 0.6 is 11.6 Å². The van der Waals surface area contributed by atoms with E-state index in [0.717, 1.165) is 5.56 Å². The normalized spacial score (nSPS) is 10.8. The van der Waals surface area contributed by atoms with Gasteiger partial charge >= 0.3 is 0 Å². The van der Waals surface area contributed by atoms with Crippen molar-refractivity contribution in [3.63, 3.8) is 0 Å². The van der Waals surface area contributed by atoms with E-state index < -0.39 is 5.82 Å². The third-order valence-electron chi connectivity index (χ3n) is 2.83. The molecule has 0 N–H and O–H groups in total. The third-order valence-corrected chi connectivity index (χ3v) is 3.08. The maximum atomic E-state index is 13.6. The van der Waals surface area contributed by atoms with Crippen LogP contribution in [-0.2, 0) is 4.79 Å². The van der Waals surface area contributed by atoms with Gasteiger partial charge in [-0.1, -0.05) is 35.9 Å². The van der Waals surface area contributed by atoms with Crippen molar-refractivity contribution in [3.05, 3.63) is 71.0 Å². The minimum atomic E-state index is -0.428. The van der Waals surface area contributed by atoms with E-state index in [1.54, 1.807) is 48.5 Å². The minimum absolute atomic E-state index is 0.248. The molecule has 0 spiro atoms. The number of anilines is 1. The van der Waals surface area contributed by atoms with E-state index in [-0.39, 0.29) is 11.6 Å². The lowest BCUT2D eigenvalue weighted by molar-refractivity contribution is -0.113. The number of nitrogens with zero attached hydrogens (tertiary/aromatic N) is 1. The van der Waals surface area contributed by atoms with Gasteiger partial charge in [0.15, 0.2) is 0 Å². The van der Waals surface area contributed by atoms with E-state index >= 15 is 0 Å². The van der Waals surface area contributed by atoms with Crippen LogP contribution in [0.3, 0.4) is 0 Å². The van der Waals surface area contributed by atoms with Gasteiger partial charge < -0.3 is 4.90 Å². The molecular weight excluding hydrogens is 277 g/mol. The first-order valence-corrected chi connectivity index (χ1v) is 6.41. The van der Waals surface area contributed by atoms with Gasteiger partial charge in [-0.25, -0.2) is 4.39 Å². The van der Waals surface area contributed by atoms with Gasteiger partial charge in [-0.2, -0.15) is 0 Å². The first-order valence-electron chi connectivity index (χ1n) is 6.04. The van der Waals surface area contributed by atoms with Gasteiger partial charge in [0.1, 0.15) is 5.82 Å². The first-order chi connectivity index (χ1) is 9.58. The molecule has 0 saturated heterocycles. The monoisotopic (exact) mass is 289 g/mol. The molecule has 102 valence electrons. The number of likely N-dealkylation sites (N-methyl/N-ethyl adjacent to an activating group) is 1. The predicted molar refractivity (Wildman–Crippen MR) is 80.3 cm³/mol. The lowest BCUT2D eigenvalue weighted by Crippen LogP contribution is -2.24. The van der Waals surface area contributed by atoms with Crippen LogP contribution in [0.1, 0.15) is 5.56 Å². The number of benzene rings is 2. The molecule has 0 aliphatic heterocycles. The molecule has 0 saturated carbocycles. The van der Waals surface area contributed by atoms with Gasteiger partial charge in [0.25, 0.3) is 5.91 Å². The molecule has 2 aromatic rings. The van der Waals surface area contributed by atoms with Gasteiger partial charge in [0.2, 0.25) is 0 Å². The summed E-state index contributed by atoms with van der Waals surface area (Å²) in [6.07, 6.45) is 3.06. The van der Waals surface area contributed by atoms with Crippen LogP contribution in [-0.4, -0.2) is 13.0 Å². The summed E-state index contributed by atoms with van der Waals surface area (Å²) in [5.74, 6) is -0.728.